The van der Waals surface area contributed by atoms with Crippen molar-refractivity contribution >= 4 is 28.6 Å². The Morgan fingerprint density at radius 2 is 1.74 bits per heavy atom. The summed E-state index contributed by atoms with van der Waals surface area (Å²) in [6.07, 6.45) is 2.07. The number of carbonyl (C=O) groups is 3. The molecule has 3 aliphatic rings. The number of nitrogens with zero attached hydrogens (tertiary/aromatic N) is 3. The van der Waals surface area contributed by atoms with E-state index in [-0.39, 0.29) is 29.1 Å². The molecule has 0 aliphatic carbocycles. The third-order valence-corrected chi connectivity index (χ3v) is 7.67. The van der Waals surface area contributed by atoms with E-state index in [1.54, 1.807) is 0 Å². The lowest BCUT2D eigenvalue weighted by atomic mass is 9.71. The van der Waals surface area contributed by atoms with Crippen molar-refractivity contribution in [3.8, 4) is 11.1 Å². The molecule has 4 heterocycles. The highest BCUT2D eigenvalue weighted by Crippen LogP contribution is 2.41. The van der Waals surface area contributed by atoms with E-state index >= 15 is 0 Å². The van der Waals surface area contributed by atoms with Gasteiger partial charge in [0.25, 0.3) is 5.91 Å². The number of rotatable bonds is 3. The molecule has 3 aliphatic heterocycles. The van der Waals surface area contributed by atoms with E-state index in [0.29, 0.717) is 44.8 Å². The predicted octanol–water partition coefficient (Wildman–Crippen LogP) is 2.43. The van der Waals surface area contributed by atoms with Crippen LogP contribution in [0.3, 0.4) is 0 Å². The standard InChI is InChI=1S/C26H27N5O3/c32-22-13-19(14-27-22)24(33)30-10-8-26(9-11-30)15-31(16-26)25(34)23-20-7-6-18(12-21(20)28-29-23)17-4-2-1-3-5-17/h1-7,12,19H,8-11,13-16H2,(H,27,32)(H,28,29). The molecule has 3 saturated heterocycles. The number of fused-ring (bicyclic) bond motifs is 1. The molecule has 1 atom stereocenters. The number of aromatic nitrogens is 2. The first-order valence-electron chi connectivity index (χ1n) is 11.9. The third-order valence-electron chi connectivity index (χ3n) is 7.67. The molecular formula is C26H27N5O3. The summed E-state index contributed by atoms with van der Waals surface area (Å²) < 4.78 is 0. The first-order chi connectivity index (χ1) is 16.5. The Balaban J connectivity index is 1.09. The molecule has 0 saturated carbocycles. The minimum absolute atomic E-state index is 0.0397. The topological polar surface area (TPSA) is 98.4 Å². The molecule has 1 spiro atoms. The van der Waals surface area contributed by atoms with E-state index in [2.05, 4.69) is 27.6 Å². The van der Waals surface area contributed by atoms with Gasteiger partial charge >= 0.3 is 0 Å². The van der Waals surface area contributed by atoms with Crippen LogP contribution in [0.5, 0.6) is 0 Å². The zero-order valence-corrected chi connectivity index (χ0v) is 18.9. The van der Waals surface area contributed by atoms with Crippen LogP contribution in [0.2, 0.25) is 0 Å². The molecule has 3 aromatic rings. The zero-order chi connectivity index (χ0) is 23.3. The van der Waals surface area contributed by atoms with Crippen LogP contribution in [-0.2, 0) is 9.59 Å². The van der Waals surface area contributed by atoms with Crippen LogP contribution in [0.25, 0.3) is 22.0 Å². The van der Waals surface area contributed by atoms with Crippen LogP contribution in [-0.4, -0.2) is 70.4 Å². The molecule has 0 bridgehead atoms. The van der Waals surface area contributed by atoms with Gasteiger partial charge in [0.05, 0.1) is 11.4 Å². The second-order valence-electron chi connectivity index (χ2n) is 9.89. The molecule has 174 valence electrons. The number of H-pyrrole nitrogens is 1. The number of nitrogens with one attached hydrogen (secondary N) is 2. The summed E-state index contributed by atoms with van der Waals surface area (Å²) in [5.41, 5.74) is 3.61. The average Bonchev–Trinajstić information content (AvgIpc) is 3.48. The predicted molar refractivity (Wildman–Crippen MR) is 127 cm³/mol. The molecule has 2 aromatic carbocycles. The summed E-state index contributed by atoms with van der Waals surface area (Å²) in [6.45, 7) is 3.24. The summed E-state index contributed by atoms with van der Waals surface area (Å²) in [6, 6.07) is 16.2. The molecule has 8 heteroatoms. The van der Waals surface area contributed by atoms with Gasteiger partial charge in [0.2, 0.25) is 11.8 Å². The van der Waals surface area contributed by atoms with Crippen LogP contribution < -0.4 is 5.32 Å². The van der Waals surface area contributed by atoms with Gasteiger partial charge in [-0.2, -0.15) is 5.10 Å². The molecule has 1 unspecified atom stereocenters. The number of likely N-dealkylation sites (tertiary alicyclic amines) is 2. The van der Waals surface area contributed by atoms with Crippen molar-refractivity contribution in [3.05, 3.63) is 54.2 Å². The van der Waals surface area contributed by atoms with Gasteiger partial charge < -0.3 is 15.1 Å². The fourth-order valence-electron chi connectivity index (χ4n) is 5.61. The van der Waals surface area contributed by atoms with Gasteiger partial charge in [-0.05, 0) is 36.1 Å². The second-order valence-corrected chi connectivity index (χ2v) is 9.89. The normalized spacial score (nSPS) is 21.5. The average molecular weight is 458 g/mol. The van der Waals surface area contributed by atoms with E-state index < -0.39 is 0 Å². The van der Waals surface area contributed by atoms with Gasteiger partial charge in [-0.25, -0.2) is 0 Å². The largest absolute Gasteiger partial charge is 0.355 e. The van der Waals surface area contributed by atoms with Crippen molar-refractivity contribution in [3.63, 3.8) is 0 Å². The number of benzene rings is 2. The van der Waals surface area contributed by atoms with Gasteiger partial charge in [0, 0.05) is 49.9 Å². The Bertz CT molecular complexity index is 1270. The van der Waals surface area contributed by atoms with Gasteiger partial charge in [0.1, 0.15) is 0 Å². The maximum atomic E-state index is 13.2. The van der Waals surface area contributed by atoms with Crippen molar-refractivity contribution in [2.75, 3.05) is 32.7 Å². The van der Waals surface area contributed by atoms with Crippen molar-refractivity contribution in [1.82, 2.24) is 25.3 Å². The van der Waals surface area contributed by atoms with E-state index in [0.717, 1.165) is 34.9 Å². The van der Waals surface area contributed by atoms with Gasteiger partial charge in [0.15, 0.2) is 5.69 Å². The molecule has 2 N–H and O–H groups in total. The first kappa shape index (κ1) is 20.9. The summed E-state index contributed by atoms with van der Waals surface area (Å²) in [7, 11) is 0. The smallest absolute Gasteiger partial charge is 0.275 e. The fourth-order valence-corrected chi connectivity index (χ4v) is 5.61. The van der Waals surface area contributed by atoms with Crippen molar-refractivity contribution < 1.29 is 14.4 Å². The third kappa shape index (κ3) is 3.54. The van der Waals surface area contributed by atoms with Gasteiger partial charge in [-0.3, -0.25) is 19.5 Å². The monoisotopic (exact) mass is 457 g/mol. The summed E-state index contributed by atoms with van der Waals surface area (Å²) in [5.74, 6) is -0.227. The molecule has 3 amide bonds. The maximum Gasteiger partial charge on any atom is 0.275 e. The van der Waals surface area contributed by atoms with Crippen molar-refractivity contribution in [1.29, 1.82) is 0 Å². The number of amides is 3. The van der Waals surface area contributed by atoms with E-state index in [1.165, 1.54) is 0 Å². The minimum Gasteiger partial charge on any atom is -0.355 e. The molecule has 0 radical (unpaired) electrons. The summed E-state index contributed by atoms with van der Waals surface area (Å²) in [4.78, 5) is 41.1. The zero-order valence-electron chi connectivity index (χ0n) is 18.9. The van der Waals surface area contributed by atoms with Crippen LogP contribution in [0.4, 0.5) is 0 Å². The number of hydrogen-bond acceptors (Lipinski definition) is 4. The van der Waals surface area contributed by atoms with E-state index in [1.807, 2.05) is 46.2 Å². The fraction of sp³-hybridized carbons (Fsp3) is 0.385. The Morgan fingerprint density at radius 3 is 2.44 bits per heavy atom. The Morgan fingerprint density at radius 1 is 0.971 bits per heavy atom. The van der Waals surface area contributed by atoms with Crippen molar-refractivity contribution in [2.24, 2.45) is 11.3 Å². The van der Waals surface area contributed by atoms with Gasteiger partial charge in [-0.15, -0.1) is 0 Å². The van der Waals surface area contributed by atoms with Crippen LogP contribution in [0.1, 0.15) is 29.8 Å². The Labute approximate surface area is 197 Å². The molecule has 34 heavy (non-hydrogen) atoms. The maximum absolute atomic E-state index is 13.2. The molecular weight excluding hydrogens is 430 g/mol. The quantitative estimate of drug-likeness (QED) is 0.631. The second kappa shape index (κ2) is 7.97. The molecule has 3 fully saturated rings. The number of hydrogen-bond donors (Lipinski definition) is 2. The first-order valence-corrected chi connectivity index (χ1v) is 11.9. The van der Waals surface area contributed by atoms with E-state index in [9.17, 15) is 14.4 Å². The van der Waals surface area contributed by atoms with Crippen molar-refractivity contribution in [2.45, 2.75) is 19.3 Å². The molecule has 1 aromatic heterocycles. The SMILES string of the molecule is O=C1CC(C(=O)N2CCC3(CC2)CN(C(=O)c2n[nH]c4cc(-c5ccccc5)ccc24)C3)CN1. The number of carbonyl (C=O) groups excluding carboxylic acids is 3. The van der Waals surface area contributed by atoms with Crippen LogP contribution >= 0.6 is 0 Å². The Kier molecular flexibility index (Phi) is 4.90. The minimum atomic E-state index is -0.226. The van der Waals surface area contributed by atoms with E-state index in [4.69, 9.17) is 0 Å². The highest BCUT2D eigenvalue weighted by molar-refractivity contribution is 6.05. The lowest BCUT2D eigenvalue weighted by molar-refractivity contribution is -0.140. The van der Waals surface area contributed by atoms with Gasteiger partial charge in [-0.1, -0.05) is 36.4 Å². The highest BCUT2D eigenvalue weighted by Gasteiger charge is 2.48. The summed E-state index contributed by atoms with van der Waals surface area (Å²) in [5, 5.41) is 11.0. The van der Waals surface area contributed by atoms with Crippen LogP contribution in [0, 0.1) is 11.3 Å². The molecule has 6 rings (SSSR count). The highest BCUT2D eigenvalue weighted by atomic mass is 16.2. The lowest BCUT2D eigenvalue weighted by Crippen LogP contribution is -2.62. The summed E-state index contributed by atoms with van der Waals surface area (Å²) >= 11 is 0. The molecule has 8 nitrogen and oxygen atoms in total. The number of aromatic amines is 1. The van der Waals surface area contributed by atoms with Crippen LogP contribution in [0.15, 0.2) is 48.5 Å². The Hall–Kier alpha value is -3.68. The number of piperidine rings is 1. The lowest BCUT2D eigenvalue weighted by Gasteiger charge is -2.54.